The smallest absolute Gasteiger partial charge is 0.122 e. The molecule has 0 radical (unpaired) electrons. The zero-order valence-electron chi connectivity index (χ0n) is 15.7. The van der Waals surface area contributed by atoms with Gasteiger partial charge in [0.25, 0.3) is 0 Å². The van der Waals surface area contributed by atoms with Gasteiger partial charge in [-0.3, -0.25) is 4.90 Å². The highest BCUT2D eigenvalue weighted by atomic mass is 32.1. The molecule has 1 aromatic heterocycles. The summed E-state index contributed by atoms with van der Waals surface area (Å²) in [6.45, 7) is 7.60. The second-order valence-corrected chi connectivity index (χ2v) is 8.44. The number of thiophene rings is 1. The Bertz CT molecular complexity index is 681. The van der Waals surface area contributed by atoms with Gasteiger partial charge in [0, 0.05) is 36.0 Å². The molecule has 0 aliphatic carbocycles. The minimum Gasteiger partial charge on any atom is -0.491 e. The predicted octanol–water partition coefficient (Wildman–Crippen LogP) is 3.79. The van der Waals surface area contributed by atoms with E-state index < -0.39 is 6.10 Å². The van der Waals surface area contributed by atoms with Crippen molar-refractivity contribution < 1.29 is 14.6 Å². The van der Waals surface area contributed by atoms with Gasteiger partial charge in [0.15, 0.2) is 0 Å². The highest BCUT2D eigenvalue weighted by Gasteiger charge is 2.22. The van der Waals surface area contributed by atoms with E-state index in [-0.39, 0.29) is 6.10 Å². The molecule has 2 aromatic rings. The van der Waals surface area contributed by atoms with Crippen LogP contribution >= 0.6 is 11.3 Å². The Labute approximate surface area is 160 Å². The average Bonchev–Trinajstić information content (AvgIpc) is 3.26. The molecule has 0 bridgehead atoms. The molecule has 4 nitrogen and oxygen atoms in total. The van der Waals surface area contributed by atoms with E-state index in [9.17, 15) is 5.11 Å². The van der Waals surface area contributed by atoms with Crippen LogP contribution in [-0.4, -0.2) is 48.5 Å². The van der Waals surface area contributed by atoms with Crippen molar-refractivity contribution in [3.05, 3.63) is 51.7 Å². The average molecular weight is 376 g/mol. The third-order valence-electron chi connectivity index (χ3n) is 4.66. The van der Waals surface area contributed by atoms with Crippen molar-refractivity contribution in [2.45, 2.75) is 45.4 Å². The Morgan fingerprint density at radius 2 is 2.12 bits per heavy atom. The van der Waals surface area contributed by atoms with Gasteiger partial charge in [0.1, 0.15) is 18.5 Å². The van der Waals surface area contributed by atoms with Crippen molar-refractivity contribution in [1.82, 2.24) is 4.90 Å². The van der Waals surface area contributed by atoms with Crippen LogP contribution in [0.3, 0.4) is 0 Å². The van der Waals surface area contributed by atoms with E-state index in [4.69, 9.17) is 9.47 Å². The summed E-state index contributed by atoms with van der Waals surface area (Å²) >= 11 is 1.82. The molecule has 0 unspecified atom stereocenters. The van der Waals surface area contributed by atoms with Crippen LogP contribution in [-0.2, 0) is 11.3 Å². The molecule has 0 amide bonds. The first kappa shape index (κ1) is 19.4. The maximum Gasteiger partial charge on any atom is 0.122 e. The highest BCUT2D eigenvalue weighted by molar-refractivity contribution is 7.11. The molecule has 0 spiro atoms. The molecule has 1 N–H and O–H groups in total. The largest absolute Gasteiger partial charge is 0.491 e. The fourth-order valence-corrected chi connectivity index (χ4v) is 4.26. The predicted molar refractivity (Wildman–Crippen MR) is 106 cm³/mol. The van der Waals surface area contributed by atoms with E-state index in [0.717, 1.165) is 43.9 Å². The second kappa shape index (κ2) is 9.51. The van der Waals surface area contributed by atoms with Crippen molar-refractivity contribution in [2.24, 2.45) is 0 Å². The van der Waals surface area contributed by atoms with E-state index in [2.05, 4.69) is 24.0 Å². The fourth-order valence-electron chi connectivity index (χ4n) is 3.33. The van der Waals surface area contributed by atoms with Gasteiger partial charge in [-0.05, 0) is 50.5 Å². The summed E-state index contributed by atoms with van der Waals surface area (Å²) in [7, 11) is 0. The number of ether oxygens (including phenoxy) is 2. The van der Waals surface area contributed by atoms with Gasteiger partial charge in [0.2, 0.25) is 0 Å². The quantitative estimate of drug-likeness (QED) is 0.724. The minimum absolute atomic E-state index is 0.278. The molecule has 1 aromatic carbocycles. The molecule has 142 valence electrons. The summed E-state index contributed by atoms with van der Waals surface area (Å²) in [6.07, 6.45) is 1.99. The van der Waals surface area contributed by atoms with Crippen LogP contribution in [0.2, 0.25) is 0 Å². The molecule has 2 heterocycles. The normalized spacial score (nSPS) is 18.4. The van der Waals surface area contributed by atoms with Gasteiger partial charge < -0.3 is 14.6 Å². The Hall–Kier alpha value is -1.40. The minimum atomic E-state index is -0.530. The molecular weight excluding hydrogens is 346 g/mol. The van der Waals surface area contributed by atoms with E-state index in [1.807, 2.05) is 42.5 Å². The summed E-state index contributed by atoms with van der Waals surface area (Å²) < 4.78 is 11.6. The molecule has 1 aliphatic rings. The lowest BCUT2D eigenvalue weighted by atomic mass is 10.2. The van der Waals surface area contributed by atoms with Crippen LogP contribution in [0, 0.1) is 13.8 Å². The van der Waals surface area contributed by atoms with Crippen LogP contribution in [0.5, 0.6) is 5.75 Å². The molecule has 0 saturated carbocycles. The van der Waals surface area contributed by atoms with Gasteiger partial charge in [0.05, 0.1) is 6.10 Å². The number of rotatable bonds is 9. The number of nitrogens with zero attached hydrogens (tertiary/aromatic N) is 1. The molecular formula is C21H29NO3S. The third kappa shape index (κ3) is 5.81. The number of aliphatic hydroxyl groups excluding tert-OH is 1. The zero-order valence-corrected chi connectivity index (χ0v) is 16.5. The van der Waals surface area contributed by atoms with Crippen molar-refractivity contribution in [1.29, 1.82) is 0 Å². The maximum atomic E-state index is 10.5. The van der Waals surface area contributed by atoms with E-state index in [1.165, 1.54) is 9.75 Å². The van der Waals surface area contributed by atoms with Crippen LogP contribution in [0.4, 0.5) is 0 Å². The molecule has 3 rings (SSSR count). The lowest BCUT2D eigenvalue weighted by molar-refractivity contribution is 0.0316. The lowest BCUT2D eigenvalue weighted by Gasteiger charge is -2.27. The molecule has 1 aliphatic heterocycles. The highest BCUT2D eigenvalue weighted by Crippen LogP contribution is 2.20. The first-order valence-corrected chi connectivity index (χ1v) is 10.2. The second-order valence-electron chi connectivity index (χ2n) is 7.07. The van der Waals surface area contributed by atoms with Crippen molar-refractivity contribution in [3.8, 4) is 5.75 Å². The molecule has 5 heteroatoms. The standard InChI is InChI=1S/C21H29NO3S/c1-16-6-3-4-8-21(16)25-15-18(23)12-22(13-19-7-5-11-24-19)14-20-10-9-17(2)26-20/h3-4,6,8-10,18-19,23H,5,7,11-15H2,1-2H3/t18-,19-/m1/s1. The fraction of sp³-hybridized carbons (Fsp3) is 0.524. The number of aryl methyl sites for hydroxylation is 2. The SMILES string of the molecule is Cc1ccc(CN(C[C@@H](O)COc2ccccc2C)C[C@H]2CCCO2)s1. The van der Waals surface area contributed by atoms with Crippen LogP contribution in [0.1, 0.15) is 28.2 Å². The monoisotopic (exact) mass is 375 g/mol. The van der Waals surface area contributed by atoms with Crippen LogP contribution in [0.25, 0.3) is 0 Å². The maximum absolute atomic E-state index is 10.5. The van der Waals surface area contributed by atoms with Gasteiger partial charge in [-0.2, -0.15) is 0 Å². The van der Waals surface area contributed by atoms with Crippen LogP contribution in [0.15, 0.2) is 36.4 Å². The molecule has 1 fully saturated rings. The number of hydrogen-bond donors (Lipinski definition) is 1. The summed E-state index contributed by atoms with van der Waals surface area (Å²) in [6, 6.07) is 12.2. The first-order chi connectivity index (χ1) is 12.6. The Kier molecular flexibility index (Phi) is 7.08. The van der Waals surface area contributed by atoms with E-state index in [1.54, 1.807) is 0 Å². The number of hydrogen-bond acceptors (Lipinski definition) is 5. The first-order valence-electron chi connectivity index (χ1n) is 9.36. The van der Waals surface area contributed by atoms with Crippen molar-refractivity contribution in [2.75, 3.05) is 26.3 Å². The number of benzene rings is 1. The van der Waals surface area contributed by atoms with Crippen LogP contribution < -0.4 is 4.74 Å². The Balaban J connectivity index is 1.55. The third-order valence-corrected chi connectivity index (χ3v) is 5.64. The van der Waals surface area contributed by atoms with Gasteiger partial charge in [-0.1, -0.05) is 18.2 Å². The van der Waals surface area contributed by atoms with Gasteiger partial charge >= 0.3 is 0 Å². The molecule has 26 heavy (non-hydrogen) atoms. The van der Waals surface area contributed by atoms with E-state index >= 15 is 0 Å². The number of para-hydroxylation sites is 1. The van der Waals surface area contributed by atoms with Crippen molar-refractivity contribution >= 4 is 11.3 Å². The Morgan fingerprint density at radius 1 is 1.27 bits per heavy atom. The molecule has 1 saturated heterocycles. The van der Waals surface area contributed by atoms with Crippen molar-refractivity contribution in [3.63, 3.8) is 0 Å². The Morgan fingerprint density at radius 3 is 2.81 bits per heavy atom. The topological polar surface area (TPSA) is 41.9 Å². The summed E-state index contributed by atoms with van der Waals surface area (Å²) in [5, 5.41) is 10.5. The van der Waals surface area contributed by atoms with Gasteiger partial charge in [-0.15, -0.1) is 11.3 Å². The summed E-state index contributed by atoms with van der Waals surface area (Å²) in [4.78, 5) is 4.95. The lowest BCUT2D eigenvalue weighted by Crippen LogP contribution is -2.39. The van der Waals surface area contributed by atoms with Gasteiger partial charge in [-0.25, -0.2) is 0 Å². The number of aliphatic hydroxyl groups is 1. The zero-order chi connectivity index (χ0) is 18.4. The summed E-state index contributed by atoms with van der Waals surface area (Å²) in [5.41, 5.74) is 1.09. The van der Waals surface area contributed by atoms with E-state index in [0.29, 0.717) is 13.2 Å². The summed E-state index contributed by atoms with van der Waals surface area (Å²) in [5.74, 6) is 0.839. The molecule has 2 atom stereocenters.